The second-order valence-corrected chi connectivity index (χ2v) is 6.43. The maximum Gasteiger partial charge on any atom is 0.351 e. The van der Waals surface area contributed by atoms with Crippen LogP contribution >= 0.6 is 0 Å². The third-order valence-corrected chi connectivity index (χ3v) is 5.05. The van der Waals surface area contributed by atoms with E-state index in [0.29, 0.717) is 25.9 Å². The van der Waals surface area contributed by atoms with Gasteiger partial charge in [-0.25, -0.2) is 4.79 Å². The molecule has 4 heteroatoms. The Kier molecular flexibility index (Phi) is 3.27. The molecule has 0 radical (unpaired) electrons. The van der Waals surface area contributed by atoms with Gasteiger partial charge in [0.2, 0.25) is 5.60 Å². The van der Waals surface area contributed by atoms with E-state index in [1.807, 2.05) is 44.2 Å². The summed E-state index contributed by atoms with van der Waals surface area (Å²) in [6.07, 6.45) is 1.95. The summed E-state index contributed by atoms with van der Waals surface area (Å²) in [5.41, 5.74) is -0.436. The van der Waals surface area contributed by atoms with E-state index in [1.165, 1.54) is 0 Å². The summed E-state index contributed by atoms with van der Waals surface area (Å²) in [6.45, 7) is 4.16. The molecule has 0 aromatic heterocycles. The zero-order chi connectivity index (χ0) is 15.1. The summed E-state index contributed by atoms with van der Waals surface area (Å²) in [6, 6.07) is 9.86. The monoisotopic (exact) mass is 288 g/mol. The molecule has 1 heterocycles. The lowest BCUT2D eigenvalue weighted by Crippen LogP contribution is -2.48. The first-order chi connectivity index (χ1) is 9.97. The van der Waals surface area contributed by atoms with E-state index in [4.69, 9.17) is 9.47 Å². The zero-order valence-electron chi connectivity index (χ0n) is 12.4. The van der Waals surface area contributed by atoms with Gasteiger partial charge in [0.25, 0.3) is 0 Å². The Hall–Kier alpha value is -1.84. The minimum Gasteiger partial charge on any atom is -0.462 e. The van der Waals surface area contributed by atoms with Crippen LogP contribution in [-0.2, 0) is 25.5 Å². The number of esters is 2. The Balaban J connectivity index is 1.65. The lowest BCUT2D eigenvalue weighted by atomic mass is 9.75. The SMILES string of the molecule is CC1(C)C2CCC1(C(=O)OCCc1ccccc1)OC2=O. The van der Waals surface area contributed by atoms with Crippen molar-refractivity contribution in [3.05, 3.63) is 35.9 Å². The van der Waals surface area contributed by atoms with E-state index < -0.39 is 17.0 Å². The van der Waals surface area contributed by atoms with E-state index in [2.05, 4.69) is 0 Å². The highest BCUT2D eigenvalue weighted by Gasteiger charge is 2.70. The molecule has 1 aliphatic heterocycles. The molecule has 0 spiro atoms. The highest BCUT2D eigenvalue weighted by atomic mass is 16.6. The van der Waals surface area contributed by atoms with Gasteiger partial charge >= 0.3 is 11.9 Å². The first-order valence-corrected chi connectivity index (χ1v) is 7.41. The zero-order valence-corrected chi connectivity index (χ0v) is 12.4. The van der Waals surface area contributed by atoms with Crippen LogP contribution in [0.3, 0.4) is 0 Å². The van der Waals surface area contributed by atoms with Crippen molar-refractivity contribution in [3.63, 3.8) is 0 Å². The Morgan fingerprint density at radius 3 is 2.62 bits per heavy atom. The third-order valence-electron chi connectivity index (χ3n) is 5.05. The quantitative estimate of drug-likeness (QED) is 0.799. The van der Waals surface area contributed by atoms with Crippen LogP contribution in [0.25, 0.3) is 0 Å². The normalized spacial score (nSPS) is 29.2. The molecular formula is C17H20O4. The summed E-state index contributed by atoms with van der Waals surface area (Å²) >= 11 is 0. The number of hydrogen-bond acceptors (Lipinski definition) is 4. The summed E-state index contributed by atoms with van der Waals surface area (Å²) < 4.78 is 10.8. The van der Waals surface area contributed by atoms with Crippen LogP contribution in [0.15, 0.2) is 30.3 Å². The van der Waals surface area contributed by atoms with Crippen LogP contribution in [0.5, 0.6) is 0 Å². The third kappa shape index (κ3) is 2.04. The summed E-state index contributed by atoms with van der Waals surface area (Å²) in [5.74, 6) is -0.831. The molecule has 3 rings (SSSR count). The second-order valence-electron chi connectivity index (χ2n) is 6.43. The first-order valence-electron chi connectivity index (χ1n) is 7.41. The van der Waals surface area contributed by atoms with Gasteiger partial charge in [-0.15, -0.1) is 0 Å². The lowest BCUT2D eigenvalue weighted by Gasteiger charge is -2.32. The average molecular weight is 288 g/mol. The van der Waals surface area contributed by atoms with Crippen molar-refractivity contribution in [2.24, 2.45) is 11.3 Å². The number of carbonyl (C=O) groups is 2. The fraction of sp³-hybridized carbons (Fsp3) is 0.529. The molecule has 2 aliphatic rings. The summed E-state index contributed by atoms with van der Waals surface area (Å²) in [5, 5.41) is 0. The van der Waals surface area contributed by atoms with Gasteiger partial charge in [0.1, 0.15) is 0 Å². The number of benzene rings is 1. The molecule has 2 atom stereocenters. The van der Waals surface area contributed by atoms with E-state index in [0.717, 1.165) is 5.56 Å². The average Bonchev–Trinajstić information content (AvgIpc) is 2.83. The molecule has 112 valence electrons. The lowest BCUT2D eigenvalue weighted by molar-refractivity contribution is -0.182. The molecule has 1 saturated heterocycles. The van der Waals surface area contributed by atoms with E-state index >= 15 is 0 Å². The maximum absolute atomic E-state index is 12.5. The predicted molar refractivity (Wildman–Crippen MR) is 76.4 cm³/mol. The molecule has 1 aromatic rings. The molecular weight excluding hydrogens is 268 g/mol. The maximum atomic E-state index is 12.5. The van der Waals surface area contributed by atoms with Gasteiger partial charge in [0, 0.05) is 11.8 Å². The van der Waals surface area contributed by atoms with Crippen LogP contribution in [0.4, 0.5) is 0 Å². The van der Waals surface area contributed by atoms with Gasteiger partial charge < -0.3 is 9.47 Å². The van der Waals surface area contributed by atoms with Gasteiger partial charge in [-0.3, -0.25) is 4.79 Å². The van der Waals surface area contributed by atoms with Crippen LogP contribution < -0.4 is 0 Å². The minimum atomic E-state index is -1.08. The standard InChI is InChI=1S/C17H20O4/c1-16(2)13-8-10-17(16,21-14(13)18)15(19)20-11-9-12-6-4-3-5-7-12/h3-7,13H,8-11H2,1-2H3. The molecule has 1 saturated carbocycles. The molecule has 21 heavy (non-hydrogen) atoms. The van der Waals surface area contributed by atoms with Crippen molar-refractivity contribution in [1.29, 1.82) is 0 Å². The number of rotatable bonds is 4. The van der Waals surface area contributed by atoms with Crippen molar-refractivity contribution in [2.75, 3.05) is 6.61 Å². The van der Waals surface area contributed by atoms with Gasteiger partial charge in [-0.2, -0.15) is 0 Å². The molecule has 1 aliphatic carbocycles. The van der Waals surface area contributed by atoms with Gasteiger partial charge in [0.15, 0.2) is 0 Å². The molecule has 4 nitrogen and oxygen atoms in total. The number of fused-ring (bicyclic) bond motifs is 2. The summed E-state index contributed by atoms with van der Waals surface area (Å²) in [4.78, 5) is 24.3. The van der Waals surface area contributed by atoms with Gasteiger partial charge in [-0.05, 0) is 18.4 Å². The second kappa shape index (κ2) is 4.86. The van der Waals surface area contributed by atoms with E-state index in [1.54, 1.807) is 0 Å². The first kappa shape index (κ1) is 14.1. The Morgan fingerprint density at radius 1 is 1.33 bits per heavy atom. The minimum absolute atomic E-state index is 0.181. The van der Waals surface area contributed by atoms with Crippen molar-refractivity contribution >= 4 is 11.9 Å². The Bertz CT molecular complexity index is 563. The fourth-order valence-corrected chi connectivity index (χ4v) is 3.58. The van der Waals surface area contributed by atoms with Crippen molar-refractivity contribution in [3.8, 4) is 0 Å². The predicted octanol–water partition coefficient (Wildman–Crippen LogP) is 2.50. The molecule has 2 fully saturated rings. The van der Waals surface area contributed by atoms with Crippen molar-refractivity contribution in [2.45, 2.75) is 38.7 Å². The smallest absolute Gasteiger partial charge is 0.351 e. The number of carbonyl (C=O) groups excluding carboxylic acids is 2. The van der Waals surface area contributed by atoms with Crippen LogP contribution in [-0.4, -0.2) is 24.1 Å². The molecule has 0 amide bonds. The highest BCUT2D eigenvalue weighted by Crippen LogP contribution is 2.58. The van der Waals surface area contributed by atoms with Crippen molar-refractivity contribution in [1.82, 2.24) is 0 Å². The van der Waals surface area contributed by atoms with Crippen molar-refractivity contribution < 1.29 is 19.1 Å². The Morgan fingerprint density at radius 2 is 2.05 bits per heavy atom. The van der Waals surface area contributed by atoms with E-state index in [9.17, 15) is 9.59 Å². The molecule has 1 aromatic carbocycles. The molecule has 2 bridgehead atoms. The van der Waals surface area contributed by atoms with Crippen LogP contribution in [0.2, 0.25) is 0 Å². The molecule has 2 unspecified atom stereocenters. The van der Waals surface area contributed by atoms with Gasteiger partial charge in [-0.1, -0.05) is 44.2 Å². The topological polar surface area (TPSA) is 52.6 Å². The Labute approximate surface area is 124 Å². The largest absolute Gasteiger partial charge is 0.462 e. The highest BCUT2D eigenvalue weighted by molar-refractivity contribution is 5.91. The summed E-state index contributed by atoms with van der Waals surface area (Å²) in [7, 11) is 0. The van der Waals surface area contributed by atoms with Gasteiger partial charge in [0.05, 0.1) is 12.5 Å². The molecule has 0 N–H and O–H groups in total. The number of hydrogen-bond donors (Lipinski definition) is 0. The number of ether oxygens (including phenoxy) is 2. The fourth-order valence-electron chi connectivity index (χ4n) is 3.58. The van der Waals surface area contributed by atoms with E-state index in [-0.39, 0.29) is 11.9 Å². The van der Waals surface area contributed by atoms with Crippen LogP contribution in [0, 0.1) is 11.3 Å². The van der Waals surface area contributed by atoms with Crippen LogP contribution in [0.1, 0.15) is 32.3 Å².